The molecule has 9 heavy (non-hydrogen) atoms. The summed E-state index contributed by atoms with van der Waals surface area (Å²) < 4.78 is 0. The third kappa shape index (κ3) is 2.31. The zero-order chi connectivity index (χ0) is 6.53. The monoisotopic (exact) mass is 120 g/mol. The highest BCUT2D eigenvalue weighted by Crippen LogP contribution is 2.03. The van der Waals surface area contributed by atoms with Crippen LogP contribution in [0.1, 0.15) is 19.8 Å². The van der Waals surface area contributed by atoms with Gasteiger partial charge in [-0.15, -0.1) is 0 Å². The lowest BCUT2D eigenvalue weighted by Crippen LogP contribution is -1.73. The van der Waals surface area contributed by atoms with Gasteiger partial charge in [-0.3, -0.25) is 0 Å². The van der Waals surface area contributed by atoms with Crippen molar-refractivity contribution in [3.63, 3.8) is 0 Å². The van der Waals surface area contributed by atoms with Crippen molar-refractivity contribution in [3.8, 4) is 0 Å². The molecule has 0 heterocycles. The van der Waals surface area contributed by atoms with E-state index in [0.29, 0.717) is 0 Å². The molecule has 0 fully saturated rings. The maximum atomic E-state index is 2.26. The second-order valence-electron chi connectivity index (χ2n) is 2.31. The molecule has 0 aromatic heterocycles. The molecule has 0 spiro atoms. The van der Waals surface area contributed by atoms with Gasteiger partial charge in [-0.05, 0) is 19.8 Å². The molecule has 1 rings (SSSR count). The van der Waals surface area contributed by atoms with Crippen LogP contribution >= 0.6 is 0 Å². The van der Waals surface area contributed by atoms with Crippen molar-refractivity contribution in [1.29, 1.82) is 0 Å². The molecular weight excluding hydrogens is 108 g/mol. The molecule has 0 aromatic carbocycles. The minimum atomic E-state index is 1.18. The predicted molar refractivity (Wildman–Crippen MR) is 41.3 cm³/mol. The first-order chi connectivity index (χ1) is 4.39. The Labute approximate surface area is 56.6 Å². The fourth-order valence-electron chi connectivity index (χ4n) is 0.857. The van der Waals surface area contributed by atoms with E-state index >= 15 is 0 Å². The van der Waals surface area contributed by atoms with Gasteiger partial charge in [0.05, 0.1) is 0 Å². The summed E-state index contributed by atoms with van der Waals surface area (Å²) in [4.78, 5) is 0. The topological polar surface area (TPSA) is 0 Å². The zero-order valence-corrected chi connectivity index (χ0v) is 5.80. The van der Waals surface area contributed by atoms with Gasteiger partial charge < -0.3 is 0 Å². The molecule has 0 nitrogen and oxygen atoms in total. The van der Waals surface area contributed by atoms with Crippen LogP contribution in [0.25, 0.3) is 0 Å². The molecule has 0 saturated heterocycles. The molecule has 1 aliphatic carbocycles. The van der Waals surface area contributed by atoms with E-state index < -0.39 is 0 Å². The van der Waals surface area contributed by atoms with Crippen molar-refractivity contribution in [2.45, 2.75) is 19.8 Å². The van der Waals surface area contributed by atoms with E-state index in [2.05, 4.69) is 37.3 Å². The zero-order valence-electron chi connectivity index (χ0n) is 5.80. The van der Waals surface area contributed by atoms with Gasteiger partial charge in [0.2, 0.25) is 0 Å². The van der Waals surface area contributed by atoms with Crippen molar-refractivity contribution < 1.29 is 0 Å². The molecule has 0 aliphatic heterocycles. The minimum absolute atomic E-state index is 1.18. The summed E-state index contributed by atoms with van der Waals surface area (Å²) in [5.74, 6) is 0. The maximum absolute atomic E-state index is 2.26. The van der Waals surface area contributed by atoms with Crippen LogP contribution in [0.2, 0.25) is 0 Å². The summed E-state index contributed by atoms with van der Waals surface area (Å²) in [7, 11) is 0. The summed E-state index contributed by atoms with van der Waals surface area (Å²) >= 11 is 0. The number of rotatable bonds is 0. The smallest absolute Gasteiger partial charge is 0.0310 e. The second-order valence-corrected chi connectivity index (χ2v) is 2.31. The quantitative estimate of drug-likeness (QED) is 0.461. The first-order valence-corrected chi connectivity index (χ1v) is 3.39. The molecule has 0 unspecified atom stereocenters. The Morgan fingerprint density at radius 2 is 2.11 bits per heavy atom. The first-order valence-electron chi connectivity index (χ1n) is 3.39. The van der Waals surface area contributed by atoms with Crippen LogP contribution in [-0.4, -0.2) is 0 Å². The van der Waals surface area contributed by atoms with Gasteiger partial charge in [-0.2, -0.15) is 0 Å². The molecule has 0 radical (unpaired) electrons. The normalized spacial score (nSPS) is 31.4. The van der Waals surface area contributed by atoms with Crippen LogP contribution < -0.4 is 0 Å². The summed E-state index contributed by atoms with van der Waals surface area (Å²) in [6.45, 7) is 2.13. The van der Waals surface area contributed by atoms with Gasteiger partial charge in [0.25, 0.3) is 0 Å². The Morgan fingerprint density at radius 1 is 1.22 bits per heavy atom. The molecule has 0 atom stereocenters. The van der Waals surface area contributed by atoms with Crippen LogP contribution in [0.4, 0.5) is 0 Å². The van der Waals surface area contributed by atoms with Crippen LogP contribution in [-0.2, 0) is 0 Å². The summed E-state index contributed by atoms with van der Waals surface area (Å²) in [6.07, 6.45) is 13.2. The van der Waals surface area contributed by atoms with Crippen LogP contribution in [0.3, 0.4) is 0 Å². The van der Waals surface area contributed by atoms with Crippen molar-refractivity contribution in [2.75, 3.05) is 0 Å². The van der Waals surface area contributed by atoms with E-state index in [-0.39, 0.29) is 0 Å². The van der Waals surface area contributed by atoms with E-state index in [1.54, 1.807) is 0 Å². The van der Waals surface area contributed by atoms with Crippen molar-refractivity contribution >= 4 is 0 Å². The number of hydrogen-bond acceptors (Lipinski definition) is 0. The Balaban J connectivity index is 2.64. The Bertz CT molecular complexity index is 159. The first kappa shape index (κ1) is 6.34. The Kier molecular flexibility index (Phi) is 2.32. The fourth-order valence-corrected chi connectivity index (χ4v) is 0.857. The third-order valence-electron chi connectivity index (χ3n) is 1.41. The lowest BCUT2D eigenvalue weighted by molar-refractivity contribution is 1.04. The molecule has 0 heteroatoms. The highest BCUT2D eigenvalue weighted by Gasteiger charge is 1.83. The van der Waals surface area contributed by atoms with Gasteiger partial charge in [0.1, 0.15) is 0 Å². The molecule has 0 saturated carbocycles. The van der Waals surface area contributed by atoms with Crippen molar-refractivity contribution in [1.82, 2.24) is 0 Å². The van der Waals surface area contributed by atoms with Gasteiger partial charge in [-0.25, -0.2) is 0 Å². The largest absolute Gasteiger partial charge is 0.0842 e. The van der Waals surface area contributed by atoms with Crippen molar-refractivity contribution in [3.05, 3.63) is 36.0 Å². The summed E-state index contributed by atoms with van der Waals surface area (Å²) in [5, 5.41) is 0. The summed E-state index contributed by atoms with van der Waals surface area (Å²) in [5.41, 5.74) is 1.37. The van der Waals surface area contributed by atoms with Crippen molar-refractivity contribution in [2.24, 2.45) is 0 Å². The van der Waals surface area contributed by atoms with Gasteiger partial charge in [0.15, 0.2) is 0 Å². The molecule has 1 aliphatic rings. The van der Waals surface area contributed by atoms with Crippen LogP contribution in [0.5, 0.6) is 0 Å². The molecule has 0 aromatic rings. The van der Waals surface area contributed by atoms with E-state index in [0.717, 1.165) is 0 Å². The standard InChI is InChI=1S/C9H12/c1-9-7-5-3-2-4-6-8-9/h2-3,5,7-8H,4,6H2,1H3/b3-2+,7-5-,9-8+. The van der Waals surface area contributed by atoms with Crippen LogP contribution in [0.15, 0.2) is 36.0 Å². The number of allylic oxidation sites excluding steroid dienone is 6. The molecular formula is C9H12. The Morgan fingerprint density at radius 3 is 3.00 bits per heavy atom. The maximum Gasteiger partial charge on any atom is -0.0310 e. The highest BCUT2D eigenvalue weighted by atomic mass is 13.9. The fraction of sp³-hybridized carbons (Fsp3) is 0.333. The second kappa shape index (κ2) is 3.29. The van der Waals surface area contributed by atoms with Crippen LogP contribution in [0, 0.1) is 0 Å². The highest BCUT2D eigenvalue weighted by molar-refractivity contribution is 5.21. The van der Waals surface area contributed by atoms with Gasteiger partial charge in [-0.1, -0.05) is 36.0 Å². The van der Waals surface area contributed by atoms with E-state index in [4.69, 9.17) is 0 Å². The average molecular weight is 120 g/mol. The SMILES string of the molecule is CC1=C\CC/C=C/C=C\1. The average Bonchev–Trinajstić information content (AvgIpc) is 1.79. The third-order valence-corrected chi connectivity index (χ3v) is 1.41. The van der Waals surface area contributed by atoms with E-state index in [1.165, 1.54) is 18.4 Å². The van der Waals surface area contributed by atoms with Gasteiger partial charge in [0, 0.05) is 0 Å². The minimum Gasteiger partial charge on any atom is -0.0842 e. The molecule has 0 bridgehead atoms. The predicted octanol–water partition coefficient (Wildman–Crippen LogP) is 2.84. The lowest BCUT2D eigenvalue weighted by atomic mass is 10.1. The Hall–Kier alpha value is -0.780. The molecule has 48 valence electrons. The van der Waals surface area contributed by atoms with Gasteiger partial charge >= 0.3 is 0 Å². The molecule has 0 N–H and O–H groups in total. The van der Waals surface area contributed by atoms with E-state index in [9.17, 15) is 0 Å². The summed E-state index contributed by atoms with van der Waals surface area (Å²) in [6, 6.07) is 0. The lowest BCUT2D eigenvalue weighted by Gasteiger charge is -1.93. The van der Waals surface area contributed by atoms with E-state index in [1.807, 2.05) is 0 Å². The number of hydrogen-bond donors (Lipinski definition) is 0. The molecule has 0 amide bonds.